The maximum absolute atomic E-state index is 5.50. The second kappa shape index (κ2) is 7.61. The van der Waals surface area contributed by atoms with Crippen molar-refractivity contribution in [2.75, 3.05) is 5.88 Å². The molecule has 0 N–H and O–H groups in total. The average molecular weight is 271 g/mol. The summed E-state index contributed by atoms with van der Waals surface area (Å²) in [5.74, 6) is 0.777. The maximum Gasteiger partial charge on any atom is 0.0223 e. The van der Waals surface area contributed by atoms with Crippen molar-refractivity contribution in [1.82, 2.24) is 0 Å². The molecule has 0 bridgehead atoms. The first-order chi connectivity index (χ1) is 4.77. The highest BCUT2D eigenvalue weighted by Crippen LogP contribution is 2.05. The Bertz CT molecular complexity index is 118. The van der Waals surface area contributed by atoms with Crippen LogP contribution >= 0.6 is 34.2 Å². The number of rotatable bonds is 5. The van der Waals surface area contributed by atoms with E-state index in [0.717, 1.165) is 22.3 Å². The van der Waals surface area contributed by atoms with Crippen LogP contribution in [0.1, 0.15) is 19.3 Å². The summed E-state index contributed by atoms with van der Waals surface area (Å²) in [6.45, 7) is 3.75. The molecule has 0 atom stereocenters. The van der Waals surface area contributed by atoms with Gasteiger partial charge < -0.3 is 0 Å². The Hall–Kier alpha value is 0.500. The molecule has 0 aliphatic carbocycles. The Morgan fingerprint density at radius 1 is 1.50 bits per heavy atom. The van der Waals surface area contributed by atoms with E-state index in [1.807, 2.05) is 6.08 Å². The van der Waals surface area contributed by atoms with Crippen molar-refractivity contribution < 1.29 is 0 Å². The van der Waals surface area contributed by atoms with E-state index in [9.17, 15) is 0 Å². The van der Waals surface area contributed by atoms with Crippen molar-refractivity contribution in [1.29, 1.82) is 0 Å². The molecule has 0 aliphatic heterocycles. The van der Waals surface area contributed by atoms with Crippen LogP contribution in [-0.2, 0) is 0 Å². The topological polar surface area (TPSA) is 0 Å². The SMILES string of the molecule is C=C(I)/C=C/CCCCCl. The van der Waals surface area contributed by atoms with E-state index in [1.165, 1.54) is 6.42 Å². The Kier molecular flexibility index (Phi) is 7.99. The van der Waals surface area contributed by atoms with Gasteiger partial charge in [0.15, 0.2) is 0 Å². The molecule has 10 heavy (non-hydrogen) atoms. The summed E-state index contributed by atoms with van der Waals surface area (Å²) in [5.41, 5.74) is 0. The summed E-state index contributed by atoms with van der Waals surface area (Å²) in [6.07, 6.45) is 7.59. The molecule has 0 rings (SSSR count). The van der Waals surface area contributed by atoms with Crippen LogP contribution in [0.4, 0.5) is 0 Å². The smallest absolute Gasteiger partial charge is 0.0223 e. The fourth-order valence-corrected chi connectivity index (χ4v) is 1.01. The number of hydrogen-bond donors (Lipinski definition) is 0. The highest BCUT2D eigenvalue weighted by Gasteiger charge is 1.82. The summed E-state index contributed by atoms with van der Waals surface area (Å²) >= 11 is 7.70. The number of halogens is 2. The molecule has 0 radical (unpaired) electrons. The normalized spacial score (nSPS) is 10.6. The van der Waals surface area contributed by atoms with E-state index in [-0.39, 0.29) is 0 Å². The van der Waals surface area contributed by atoms with Gasteiger partial charge in [0, 0.05) is 9.46 Å². The van der Waals surface area contributed by atoms with Gasteiger partial charge in [0.2, 0.25) is 0 Å². The first-order valence-corrected chi connectivity index (χ1v) is 4.95. The minimum Gasteiger partial charge on any atom is -0.127 e. The lowest BCUT2D eigenvalue weighted by Gasteiger charge is -1.89. The third-order valence-electron chi connectivity index (χ3n) is 1.05. The number of hydrogen-bond acceptors (Lipinski definition) is 0. The summed E-state index contributed by atoms with van der Waals surface area (Å²) < 4.78 is 1.09. The van der Waals surface area contributed by atoms with Gasteiger partial charge in [-0.05, 0) is 41.9 Å². The molecule has 0 spiro atoms. The van der Waals surface area contributed by atoms with Crippen molar-refractivity contribution in [3.05, 3.63) is 22.3 Å². The molecule has 0 aromatic carbocycles. The average Bonchev–Trinajstić information content (AvgIpc) is 1.87. The van der Waals surface area contributed by atoms with E-state index < -0.39 is 0 Å². The number of unbranched alkanes of at least 4 members (excludes halogenated alkanes) is 2. The standard InChI is InChI=1S/C8H12ClI/c1-8(10)6-4-2-3-5-7-9/h4,6H,1-3,5,7H2/b6-4+. The first-order valence-electron chi connectivity index (χ1n) is 3.34. The van der Waals surface area contributed by atoms with Gasteiger partial charge in [0.05, 0.1) is 0 Å². The molecule has 0 saturated carbocycles. The van der Waals surface area contributed by atoms with Gasteiger partial charge in [-0.3, -0.25) is 0 Å². The molecular formula is C8H12ClI. The van der Waals surface area contributed by atoms with Gasteiger partial charge in [0.1, 0.15) is 0 Å². The minimum atomic E-state index is 0.777. The molecule has 2 heteroatoms. The van der Waals surface area contributed by atoms with Crippen LogP contribution < -0.4 is 0 Å². The lowest BCUT2D eigenvalue weighted by atomic mass is 10.2. The third kappa shape index (κ3) is 8.50. The van der Waals surface area contributed by atoms with Gasteiger partial charge in [-0.25, -0.2) is 0 Å². The van der Waals surface area contributed by atoms with Crippen molar-refractivity contribution in [3.63, 3.8) is 0 Å². The second-order valence-corrected chi connectivity index (χ2v) is 3.80. The van der Waals surface area contributed by atoms with Crippen LogP contribution in [0.25, 0.3) is 0 Å². The van der Waals surface area contributed by atoms with Crippen LogP contribution in [0.5, 0.6) is 0 Å². The Morgan fingerprint density at radius 3 is 2.70 bits per heavy atom. The van der Waals surface area contributed by atoms with Crippen molar-refractivity contribution in [2.24, 2.45) is 0 Å². The van der Waals surface area contributed by atoms with E-state index in [2.05, 4.69) is 35.2 Å². The first kappa shape index (κ1) is 10.5. The van der Waals surface area contributed by atoms with Crippen LogP contribution in [0.2, 0.25) is 0 Å². The van der Waals surface area contributed by atoms with Crippen LogP contribution in [0, 0.1) is 0 Å². The quantitative estimate of drug-likeness (QED) is 0.308. The molecule has 0 heterocycles. The fraction of sp³-hybridized carbons (Fsp3) is 0.500. The van der Waals surface area contributed by atoms with Crippen LogP contribution in [-0.4, -0.2) is 5.88 Å². The number of allylic oxidation sites excluding steroid dienone is 3. The summed E-state index contributed by atoms with van der Waals surface area (Å²) in [5, 5.41) is 0. The van der Waals surface area contributed by atoms with Crippen molar-refractivity contribution in [3.8, 4) is 0 Å². The third-order valence-corrected chi connectivity index (χ3v) is 1.68. The highest BCUT2D eigenvalue weighted by molar-refractivity contribution is 14.1. The van der Waals surface area contributed by atoms with Crippen molar-refractivity contribution in [2.45, 2.75) is 19.3 Å². The maximum atomic E-state index is 5.50. The van der Waals surface area contributed by atoms with Crippen LogP contribution in [0.3, 0.4) is 0 Å². The van der Waals surface area contributed by atoms with Crippen molar-refractivity contribution >= 4 is 34.2 Å². The molecule has 0 aromatic heterocycles. The highest BCUT2D eigenvalue weighted by atomic mass is 127. The summed E-state index contributed by atoms with van der Waals surface area (Å²) in [7, 11) is 0. The minimum absolute atomic E-state index is 0.777. The number of alkyl halides is 1. The molecule has 0 saturated heterocycles. The molecule has 0 fully saturated rings. The Morgan fingerprint density at radius 2 is 2.20 bits per heavy atom. The zero-order valence-corrected chi connectivity index (χ0v) is 8.86. The largest absolute Gasteiger partial charge is 0.127 e. The lowest BCUT2D eigenvalue weighted by molar-refractivity contribution is 0.820. The van der Waals surface area contributed by atoms with Gasteiger partial charge in [0.25, 0.3) is 0 Å². The fourth-order valence-electron chi connectivity index (χ4n) is 0.568. The van der Waals surface area contributed by atoms with Gasteiger partial charge in [-0.2, -0.15) is 0 Å². The van der Waals surface area contributed by atoms with E-state index in [0.29, 0.717) is 0 Å². The predicted octanol–water partition coefficient (Wildman–Crippen LogP) is 3.90. The molecule has 0 amide bonds. The van der Waals surface area contributed by atoms with Gasteiger partial charge in [-0.15, -0.1) is 11.6 Å². The summed E-state index contributed by atoms with van der Waals surface area (Å²) in [6, 6.07) is 0. The lowest BCUT2D eigenvalue weighted by Crippen LogP contribution is -1.73. The predicted molar refractivity (Wildman–Crippen MR) is 56.9 cm³/mol. The monoisotopic (exact) mass is 270 g/mol. The second-order valence-electron chi connectivity index (χ2n) is 2.03. The molecule has 58 valence electrons. The van der Waals surface area contributed by atoms with Gasteiger partial charge >= 0.3 is 0 Å². The molecule has 0 nitrogen and oxygen atoms in total. The zero-order valence-electron chi connectivity index (χ0n) is 5.95. The van der Waals surface area contributed by atoms with Crippen LogP contribution in [0.15, 0.2) is 22.3 Å². The summed E-state index contributed by atoms with van der Waals surface area (Å²) in [4.78, 5) is 0. The molecule has 0 aliphatic rings. The Balaban J connectivity index is 3.10. The van der Waals surface area contributed by atoms with E-state index >= 15 is 0 Å². The molecular weight excluding hydrogens is 258 g/mol. The van der Waals surface area contributed by atoms with Gasteiger partial charge in [-0.1, -0.05) is 18.7 Å². The molecule has 0 unspecified atom stereocenters. The van der Waals surface area contributed by atoms with E-state index in [1.54, 1.807) is 0 Å². The zero-order chi connectivity index (χ0) is 7.82. The van der Waals surface area contributed by atoms with E-state index in [4.69, 9.17) is 11.6 Å². The Labute approximate surface area is 81.5 Å². The molecule has 0 aromatic rings.